The van der Waals surface area contributed by atoms with Crippen molar-refractivity contribution in [2.24, 2.45) is 0 Å². The van der Waals surface area contributed by atoms with Crippen LogP contribution in [0.25, 0.3) is 0 Å². The van der Waals surface area contributed by atoms with Gasteiger partial charge in [0.25, 0.3) is 0 Å². The number of amides is 2. The van der Waals surface area contributed by atoms with E-state index in [1.54, 1.807) is 6.92 Å². The van der Waals surface area contributed by atoms with Gasteiger partial charge in [-0.25, -0.2) is 4.79 Å². The molecule has 1 atom stereocenters. The summed E-state index contributed by atoms with van der Waals surface area (Å²) in [6, 6.07) is 1.03. The summed E-state index contributed by atoms with van der Waals surface area (Å²) in [5, 5.41) is 25.9. The summed E-state index contributed by atoms with van der Waals surface area (Å²) >= 11 is 0. The van der Waals surface area contributed by atoms with Gasteiger partial charge in [-0.2, -0.15) is 0 Å². The van der Waals surface area contributed by atoms with E-state index in [1.165, 1.54) is 20.1 Å². The van der Waals surface area contributed by atoms with Gasteiger partial charge in [0.05, 0.1) is 18.1 Å². The van der Waals surface area contributed by atoms with Crippen molar-refractivity contribution in [1.29, 1.82) is 0 Å². The summed E-state index contributed by atoms with van der Waals surface area (Å²) in [4.78, 5) is 33.9. The third-order valence-electron chi connectivity index (χ3n) is 3.48. The van der Waals surface area contributed by atoms with E-state index in [1.807, 2.05) is 0 Å². The fourth-order valence-electron chi connectivity index (χ4n) is 2.49. The first-order chi connectivity index (χ1) is 10.8. The SMILES string of the molecule is COc1cc(C2NC(=O)NC(C)=C2C(C)=O)cc([N+](=O)[O-])c1O. The van der Waals surface area contributed by atoms with E-state index in [9.17, 15) is 24.8 Å². The maximum Gasteiger partial charge on any atom is 0.319 e. The molecular weight excluding hydrogens is 306 g/mol. The number of phenolic OH excluding ortho intramolecular Hbond substituents is 1. The number of Topliss-reactive ketones (excluding diaryl/α,β-unsaturated/α-hetero) is 1. The monoisotopic (exact) mass is 321 g/mol. The number of carbonyl (C=O) groups is 2. The van der Waals surface area contributed by atoms with E-state index in [0.29, 0.717) is 5.70 Å². The summed E-state index contributed by atoms with van der Waals surface area (Å²) in [6.07, 6.45) is 0. The van der Waals surface area contributed by atoms with E-state index in [4.69, 9.17) is 4.74 Å². The number of benzene rings is 1. The summed E-state index contributed by atoms with van der Waals surface area (Å²) < 4.78 is 4.93. The van der Waals surface area contributed by atoms with Gasteiger partial charge in [0, 0.05) is 17.3 Å². The van der Waals surface area contributed by atoms with Gasteiger partial charge in [0.15, 0.2) is 11.5 Å². The van der Waals surface area contributed by atoms with Crippen LogP contribution < -0.4 is 15.4 Å². The highest BCUT2D eigenvalue weighted by Crippen LogP contribution is 2.40. The van der Waals surface area contributed by atoms with Crippen LogP contribution in [0.15, 0.2) is 23.4 Å². The van der Waals surface area contributed by atoms with Crippen molar-refractivity contribution in [2.45, 2.75) is 19.9 Å². The highest BCUT2D eigenvalue weighted by Gasteiger charge is 2.32. The van der Waals surface area contributed by atoms with Crippen LogP contribution >= 0.6 is 0 Å². The molecule has 0 spiro atoms. The molecule has 0 saturated heterocycles. The molecule has 9 heteroatoms. The molecule has 3 N–H and O–H groups in total. The number of allylic oxidation sites excluding steroid dienone is 1. The Morgan fingerprint density at radius 3 is 2.61 bits per heavy atom. The molecule has 0 bridgehead atoms. The van der Waals surface area contributed by atoms with Gasteiger partial charge < -0.3 is 20.5 Å². The lowest BCUT2D eigenvalue weighted by Crippen LogP contribution is -2.44. The smallest absolute Gasteiger partial charge is 0.319 e. The molecule has 1 unspecified atom stereocenters. The molecule has 2 amide bonds. The lowest BCUT2D eigenvalue weighted by Gasteiger charge is -2.28. The predicted octanol–water partition coefficient (Wildman–Crippen LogP) is 1.53. The van der Waals surface area contributed by atoms with Crippen molar-refractivity contribution in [3.63, 3.8) is 0 Å². The lowest BCUT2D eigenvalue weighted by atomic mass is 9.92. The molecule has 0 fully saturated rings. The van der Waals surface area contributed by atoms with E-state index < -0.39 is 28.4 Å². The van der Waals surface area contributed by atoms with Crippen molar-refractivity contribution in [3.8, 4) is 11.5 Å². The third-order valence-corrected chi connectivity index (χ3v) is 3.48. The molecule has 0 saturated carbocycles. The van der Waals surface area contributed by atoms with Crippen molar-refractivity contribution >= 4 is 17.5 Å². The first-order valence-corrected chi connectivity index (χ1v) is 6.60. The minimum Gasteiger partial charge on any atom is -0.500 e. The molecule has 0 aliphatic carbocycles. The molecule has 2 rings (SSSR count). The Balaban J connectivity index is 2.66. The highest BCUT2D eigenvalue weighted by molar-refractivity contribution is 5.98. The van der Waals surface area contributed by atoms with Crippen molar-refractivity contribution in [3.05, 3.63) is 39.1 Å². The number of nitro benzene ring substituents is 1. The van der Waals surface area contributed by atoms with Crippen molar-refractivity contribution < 1.29 is 24.4 Å². The van der Waals surface area contributed by atoms with Crippen LogP contribution in [0.1, 0.15) is 25.5 Å². The maximum atomic E-state index is 11.9. The number of nitrogens with zero attached hydrogens (tertiary/aromatic N) is 1. The number of hydrogen-bond donors (Lipinski definition) is 3. The van der Waals surface area contributed by atoms with Gasteiger partial charge in [0.1, 0.15) is 0 Å². The van der Waals surface area contributed by atoms with E-state index in [-0.39, 0.29) is 22.7 Å². The number of ketones is 1. The van der Waals surface area contributed by atoms with Gasteiger partial charge in [-0.15, -0.1) is 0 Å². The number of rotatable bonds is 4. The van der Waals surface area contributed by atoms with Crippen LogP contribution in [0.3, 0.4) is 0 Å². The molecule has 1 aromatic carbocycles. The van der Waals surface area contributed by atoms with Crippen LogP contribution in [0.2, 0.25) is 0 Å². The maximum absolute atomic E-state index is 11.9. The molecule has 1 aliphatic heterocycles. The van der Waals surface area contributed by atoms with Gasteiger partial charge >= 0.3 is 11.7 Å². The molecule has 0 radical (unpaired) electrons. The van der Waals surface area contributed by atoms with Gasteiger partial charge in [-0.1, -0.05) is 0 Å². The summed E-state index contributed by atoms with van der Waals surface area (Å²) in [5.74, 6) is -1.04. The number of nitro groups is 1. The number of urea groups is 1. The Kier molecular flexibility index (Phi) is 4.21. The van der Waals surface area contributed by atoms with Crippen molar-refractivity contribution in [1.82, 2.24) is 10.6 Å². The zero-order chi connectivity index (χ0) is 17.3. The average Bonchev–Trinajstić information content (AvgIpc) is 2.45. The zero-order valence-corrected chi connectivity index (χ0v) is 12.7. The lowest BCUT2D eigenvalue weighted by molar-refractivity contribution is -0.386. The summed E-state index contributed by atoms with van der Waals surface area (Å²) in [7, 11) is 1.25. The summed E-state index contributed by atoms with van der Waals surface area (Å²) in [5.41, 5.74) is 0.311. The molecular formula is C14H15N3O6. The first-order valence-electron chi connectivity index (χ1n) is 6.60. The molecule has 1 heterocycles. The summed E-state index contributed by atoms with van der Waals surface area (Å²) in [6.45, 7) is 2.89. The quantitative estimate of drug-likeness (QED) is 0.569. The second kappa shape index (κ2) is 5.95. The number of methoxy groups -OCH3 is 1. The zero-order valence-electron chi connectivity index (χ0n) is 12.7. The minimum absolute atomic E-state index is 0.123. The molecule has 122 valence electrons. The van der Waals surface area contributed by atoms with E-state index in [0.717, 1.165) is 6.07 Å². The number of aromatic hydroxyl groups is 1. The largest absolute Gasteiger partial charge is 0.500 e. The second-order valence-corrected chi connectivity index (χ2v) is 4.97. The van der Waals surface area contributed by atoms with E-state index in [2.05, 4.69) is 10.6 Å². The Bertz CT molecular complexity index is 740. The molecule has 9 nitrogen and oxygen atoms in total. The topological polar surface area (TPSA) is 131 Å². The Labute approximate surface area is 131 Å². The Morgan fingerprint density at radius 1 is 1.43 bits per heavy atom. The van der Waals surface area contributed by atoms with Crippen molar-refractivity contribution in [2.75, 3.05) is 7.11 Å². The normalized spacial score (nSPS) is 17.3. The number of hydrogen-bond acceptors (Lipinski definition) is 6. The van der Waals surface area contributed by atoms with Crippen LogP contribution in [0.4, 0.5) is 10.5 Å². The fourth-order valence-corrected chi connectivity index (χ4v) is 2.49. The number of ether oxygens (including phenoxy) is 1. The second-order valence-electron chi connectivity index (χ2n) is 4.97. The van der Waals surface area contributed by atoms with Gasteiger partial charge in [-0.05, 0) is 25.5 Å². The Hall–Kier alpha value is -3.10. The molecule has 23 heavy (non-hydrogen) atoms. The van der Waals surface area contributed by atoms with Crippen LogP contribution in [-0.2, 0) is 4.79 Å². The first kappa shape index (κ1) is 16.3. The standard InChI is InChI=1S/C14H15N3O6/c1-6-11(7(2)18)12(16-14(20)15-6)8-4-9(17(21)22)13(19)10(5-8)23-3/h4-5,12,19H,1-3H3,(H2,15,16,20). The number of carbonyl (C=O) groups excluding carboxylic acids is 2. The van der Waals surface area contributed by atoms with Gasteiger partial charge in [-0.3, -0.25) is 14.9 Å². The predicted molar refractivity (Wildman–Crippen MR) is 79.1 cm³/mol. The van der Waals surface area contributed by atoms with Crippen LogP contribution in [0, 0.1) is 10.1 Å². The van der Waals surface area contributed by atoms with Gasteiger partial charge in [0.2, 0.25) is 5.75 Å². The Morgan fingerprint density at radius 2 is 2.09 bits per heavy atom. The third kappa shape index (κ3) is 2.93. The molecule has 1 aromatic rings. The number of phenols is 1. The molecule has 1 aliphatic rings. The minimum atomic E-state index is -0.880. The average molecular weight is 321 g/mol. The van der Waals surface area contributed by atoms with Crippen LogP contribution in [-0.4, -0.2) is 29.0 Å². The van der Waals surface area contributed by atoms with E-state index >= 15 is 0 Å². The fraction of sp³-hybridized carbons (Fsp3) is 0.286. The van der Waals surface area contributed by atoms with Crippen LogP contribution in [0.5, 0.6) is 11.5 Å². The molecule has 0 aromatic heterocycles. The highest BCUT2D eigenvalue weighted by atomic mass is 16.6. The number of nitrogens with one attached hydrogen (secondary N) is 2.